The number of rotatable bonds is 7. The van der Waals surface area contributed by atoms with Crippen molar-refractivity contribution < 1.29 is 24.2 Å². The van der Waals surface area contributed by atoms with Crippen molar-refractivity contribution in [2.75, 3.05) is 6.61 Å². The van der Waals surface area contributed by atoms with Crippen LogP contribution in [-0.4, -0.2) is 29.6 Å². The molecule has 0 saturated heterocycles. The van der Waals surface area contributed by atoms with E-state index < -0.39 is 17.8 Å². The molecule has 0 atom stereocenters. The molecule has 0 heterocycles. The minimum absolute atomic E-state index is 0.0689. The van der Waals surface area contributed by atoms with Crippen molar-refractivity contribution in [1.82, 2.24) is 5.32 Å². The normalized spacial score (nSPS) is 11.1. The van der Waals surface area contributed by atoms with Gasteiger partial charge in [-0.05, 0) is 34.5 Å². The molecule has 6 heteroatoms. The Labute approximate surface area is 167 Å². The molecule has 3 aromatic carbocycles. The van der Waals surface area contributed by atoms with Crippen molar-refractivity contribution in [3.05, 3.63) is 89.6 Å². The van der Waals surface area contributed by atoms with Crippen LogP contribution in [0.5, 0.6) is 0 Å². The third-order valence-corrected chi connectivity index (χ3v) is 4.18. The number of hydrogen-bond donors (Lipinski definition) is 2. The van der Waals surface area contributed by atoms with E-state index in [4.69, 9.17) is 9.84 Å². The van der Waals surface area contributed by atoms with E-state index in [1.165, 1.54) is 6.08 Å². The van der Waals surface area contributed by atoms with Crippen LogP contribution in [0.25, 0.3) is 16.8 Å². The number of carbonyl (C=O) groups is 3. The molecular weight excluding hydrogens is 370 g/mol. The molecule has 0 aliphatic carbocycles. The van der Waals surface area contributed by atoms with Crippen molar-refractivity contribution in [1.29, 1.82) is 0 Å². The maximum absolute atomic E-state index is 12.5. The number of ether oxygens (including phenoxy) is 1. The third-order valence-electron chi connectivity index (χ3n) is 4.18. The molecule has 0 unspecified atom stereocenters. The Morgan fingerprint density at radius 1 is 0.897 bits per heavy atom. The molecular formula is C23H19NO5. The van der Waals surface area contributed by atoms with Gasteiger partial charge in [-0.1, -0.05) is 60.7 Å². The van der Waals surface area contributed by atoms with Gasteiger partial charge in [0.2, 0.25) is 0 Å². The topological polar surface area (TPSA) is 92.7 Å². The number of aliphatic carboxylic acids is 1. The van der Waals surface area contributed by atoms with Crippen LogP contribution >= 0.6 is 0 Å². The third kappa shape index (κ3) is 5.29. The maximum atomic E-state index is 12.5. The summed E-state index contributed by atoms with van der Waals surface area (Å²) in [6.07, 6.45) is 1.21. The molecule has 0 saturated carbocycles. The second-order valence-electron chi connectivity index (χ2n) is 6.23. The number of amides is 1. The van der Waals surface area contributed by atoms with Crippen molar-refractivity contribution in [3.8, 4) is 0 Å². The molecule has 0 radical (unpaired) electrons. The van der Waals surface area contributed by atoms with Gasteiger partial charge in [-0.25, -0.2) is 4.79 Å². The predicted octanol–water partition coefficient (Wildman–Crippen LogP) is 3.63. The van der Waals surface area contributed by atoms with E-state index >= 15 is 0 Å². The molecule has 3 rings (SSSR count). The highest BCUT2D eigenvalue weighted by Crippen LogP contribution is 2.21. The quantitative estimate of drug-likeness (QED) is 0.475. The summed E-state index contributed by atoms with van der Waals surface area (Å²) in [5, 5.41) is 13.2. The number of nitrogens with one attached hydrogen (secondary N) is 1. The second kappa shape index (κ2) is 9.32. The highest BCUT2D eigenvalue weighted by atomic mass is 16.5. The summed E-state index contributed by atoms with van der Waals surface area (Å²) in [7, 11) is 0. The smallest absolute Gasteiger partial charge is 0.354 e. The van der Waals surface area contributed by atoms with Gasteiger partial charge < -0.3 is 15.2 Å². The first kappa shape index (κ1) is 19.8. The molecule has 29 heavy (non-hydrogen) atoms. The average Bonchev–Trinajstić information content (AvgIpc) is 2.73. The van der Waals surface area contributed by atoms with E-state index in [-0.39, 0.29) is 18.7 Å². The number of carbonyl (C=O) groups excluding carboxylic acids is 2. The lowest BCUT2D eigenvalue weighted by molar-refractivity contribution is -0.143. The summed E-state index contributed by atoms with van der Waals surface area (Å²) < 4.78 is 5.03. The standard InChI is InChI=1S/C23H19NO5/c25-21(26)13-14-29-23(28)20(24-22(27)17-8-2-1-3-9-17)15-18-11-6-10-16-7-4-5-12-19(16)18/h1-12,15H,13-14H2,(H,24,27)(H,25,26)/b20-15-. The van der Waals surface area contributed by atoms with E-state index in [1.54, 1.807) is 30.3 Å². The molecule has 0 aromatic heterocycles. The molecule has 0 bridgehead atoms. The first-order valence-electron chi connectivity index (χ1n) is 8.99. The molecule has 3 aromatic rings. The van der Waals surface area contributed by atoms with Crippen LogP contribution in [0.15, 0.2) is 78.5 Å². The van der Waals surface area contributed by atoms with Crippen LogP contribution in [-0.2, 0) is 14.3 Å². The molecule has 0 aliphatic rings. The van der Waals surface area contributed by atoms with Gasteiger partial charge >= 0.3 is 11.9 Å². The largest absolute Gasteiger partial charge is 0.481 e. The van der Waals surface area contributed by atoms with Gasteiger partial charge in [0.05, 0.1) is 6.42 Å². The zero-order chi connectivity index (χ0) is 20.6. The van der Waals surface area contributed by atoms with Gasteiger partial charge in [-0.2, -0.15) is 0 Å². The van der Waals surface area contributed by atoms with Crippen molar-refractivity contribution >= 4 is 34.7 Å². The Bertz CT molecular complexity index is 1070. The van der Waals surface area contributed by atoms with Gasteiger partial charge in [0, 0.05) is 5.56 Å². The summed E-state index contributed by atoms with van der Waals surface area (Å²) in [4.78, 5) is 35.8. The van der Waals surface area contributed by atoms with E-state index in [9.17, 15) is 14.4 Å². The molecule has 2 N–H and O–H groups in total. The Hall–Kier alpha value is -3.93. The monoisotopic (exact) mass is 389 g/mol. The Kier molecular flexibility index (Phi) is 6.37. The number of carboxylic acids is 1. The summed E-state index contributed by atoms with van der Waals surface area (Å²) in [6.45, 7) is -0.289. The molecule has 146 valence electrons. The number of benzene rings is 3. The van der Waals surface area contributed by atoms with Crippen LogP contribution < -0.4 is 5.32 Å². The lowest BCUT2D eigenvalue weighted by atomic mass is 10.0. The zero-order valence-corrected chi connectivity index (χ0v) is 15.5. The van der Waals surface area contributed by atoms with Gasteiger partial charge in [-0.3, -0.25) is 9.59 Å². The van der Waals surface area contributed by atoms with Crippen LogP contribution in [0, 0.1) is 0 Å². The second-order valence-corrected chi connectivity index (χ2v) is 6.23. The van der Waals surface area contributed by atoms with Crippen LogP contribution in [0.3, 0.4) is 0 Å². The van der Waals surface area contributed by atoms with Crippen LogP contribution in [0.2, 0.25) is 0 Å². The molecule has 1 amide bonds. The van der Waals surface area contributed by atoms with Gasteiger partial charge in [0.15, 0.2) is 0 Å². The zero-order valence-electron chi connectivity index (χ0n) is 15.5. The number of hydrogen-bond acceptors (Lipinski definition) is 4. The van der Waals surface area contributed by atoms with E-state index in [2.05, 4.69) is 5.32 Å². The van der Waals surface area contributed by atoms with Gasteiger partial charge in [0.1, 0.15) is 12.3 Å². The molecule has 0 aliphatic heterocycles. The fraction of sp³-hybridized carbons (Fsp3) is 0.0870. The first-order chi connectivity index (χ1) is 14.0. The minimum atomic E-state index is -1.08. The van der Waals surface area contributed by atoms with E-state index in [0.717, 1.165) is 16.3 Å². The molecule has 6 nitrogen and oxygen atoms in total. The van der Waals surface area contributed by atoms with E-state index in [0.29, 0.717) is 5.56 Å². The molecule has 0 fully saturated rings. The van der Waals surface area contributed by atoms with Gasteiger partial charge in [0.25, 0.3) is 5.91 Å². The SMILES string of the molecule is O=C(O)CCOC(=O)/C(=C/c1cccc2ccccc12)NC(=O)c1ccccc1. The predicted molar refractivity (Wildman–Crippen MR) is 109 cm³/mol. The van der Waals surface area contributed by atoms with E-state index in [1.807, 2.05) is 42.5 Å². The highest BCUT2D eigenvalue weighted by Gasteiger charge is 2.17. The minimum Gasteiger partial charge on any atom is -0.481 e. The lowest BCUT2D eigenvalue weighted by Crippen LogP contribution is -2.29. The Morgan fingerprint density at radius 3 is 2.34 bits per heavy atom. The fourth-order valence-corrected chi connectivity index (χ4v) is 2.77. The Balaban J connectivity index is 1.93. The Morgan fingerprint density at radius 2 is 1.59 bits per heavy atom. The lowest BCUT2D eigenvalue weighted by Gasteiger charge is -2.11. The van der Waals surface area contributed by atoms with Crippen molar-refractivity contribution in [3.63, 3.8) is 0 Å². The number of carboxylic acid groups (broad SMARTS) is 1. The van der Waals surface area contributed by atoms with Crippen molar-refractivity contribution in [2.45, 2.75) is 6.42 Å². The summed E-state index contributed by atoms with van der Waals surface area (Å²) >= 11 is 0. The van der Waals surface area contributed by atoms with Crippen LogP contribution in [0.4, 0.5) is 0 Å². The summed E-state index contributed by atoms with van der Waals surface area (Å²) in [5.41, 5.74) is 1.04. The van der Waals surface area contributed by atoms with Crippen LogP contribution in [0.1, 0.15) is 22.3 Å². The first-order valence-corrected chi connectivity index (χ1v) is 8.99. The number of esters is 1. The van der Waals surface area contributed by atoms with Crippen molar-refractivity contribution in [2.24, 2.45) is 0 Å². The summed E-state index contributed by atoms with van der Waals surface area (Å²) in [5.74, 6) is -2.35. The maximum Gasteiger partial charge on any atom is 0.354 e. The highest BCUT2D eigenvalue weighted by molar-refractivity contribution is 6.04. The fourth-order valence-electron chi connectivity index (χ4n) is 2.77. The molecule has 0 spiro atoms. The number of fused-ring (bicyclic) bond motifs is 1. The van der Waals surface area contributed by atoms with Gasteiger partial charge in [-0.15, -0.1) is 0 Å². The average molecular weight is 389 g/mol. The summed E-state index contributed by atoms with van der Waals surface area (Å²) in [6, 6.07) is 21.7.